The topological polar surface area (TPSA) is 83.5 Å². The van der Waals surface area contributed by atoms with E-state index in [2.05, 4.69) is 20.7 Å². The Hall–Kier alpha value is -1.38. The van der Waals surface area contributed by atoms with E-state index in [4.69, 9.17) is 0 Å². The molecule has 0 radical (unpaired) electrons. The first-order chi connectivity index (χ1) is 9.72. The standard InChI is InChI=1S/C13H12BrNO4S2/c1-7-5-8(2)11(9(6-7)12(16)17)15-21(18,19)13-10(14)3-4-20-13/h3-6,15H,1-2H3,(H,16,17). The van der Waals surface area contributed by atoms with E-state index in [1.807, 2.05) is 0 Å². The van der Waals surface area contributed by atoms with Crippen LogP contribution in [-0.2, 0) is 10.0 Å². The van der Waals surface area contributed by atoms with Crippen molar-refractivity contribution >= 4 is 48.9 Å². The predicted molar refractivity (Wildman–Crippen MR) is 85.7 cm³/mol. The molecule has 112 valence electrons. The zero-order valence-corrected chi connectivity index (χ0v) is 14.4. The van der Waals surface area contributed by atoms with Crippen LogP contribution in [0.3, 0.4) is 0 Å². The molecule has 1 heterocycles. The number of thiophene rings is 1. The maximum atomic E-state index is 12.4. The van der Waals surface area contributed by atoms with Crippen molar-refractivity contribution in [3.8, 4) is 0 Å². The minimum absolute atomic E-state index is 0.0660. The Morgan fingerprint density at radius 1 is 1.33 bits per heavy atom. The van der Waals surface area contributed by atoms with Gasteiger partial charge in [-0.1, -0.05) is 6.07 Å². The van der Waals surface area contributed by atoms with Gasteiger partial charge in [-0.2, -0.15) is 0 Å². The molecule has 0 atom stereocenters. The van der Waals surface area contributed by atoms with Crippen LogP contribution in [0.5, 0.6) is 0 Å². The number of rotatable bonds is 4. The molecule has 0 fully saturated rings. The lowest BCUT2D eigenvalue weighted by Crippen LogP contribution is -2.16. The van der Waals surface area contributed by atoms with Crippen molar-refractivity contribution in [1.82, 2.24) is 0 Å². The minimum Gasteiger partial charge on any atom is -0.478 e. The second-order valence-electron chi connectivity index (χ2n) is 4.47. The summed E-state index contributed by atoms with van der Waals surface area (Å²) in [6.45, 7) is 3.42. The molecule has 2 rings (SSSR count). The Labute approximate surface area is 134 Å². The summed E-state index contributed by atoms with van der Waals surface area (Å²) in [7, 11) is -3.83. The number of nitrogens with one attached hydrogen (secondary N) is 1. The average molecular weight is 390 g/mol. The Morgan fingerprint density at radius 3 is 2.52 bits per heavy atom. The first-order valence-electron chi connectivity index (χ1n) is 5.82. The second kappa shape index (κ2) is 5.78. The smallest absolute Gasteiger partial charge is 0.337 e. The van der Waals surface area contributed by atoms with Crippen molar-refractivity contribution in [2.75, 3.05) is 4.72 Å². The zero-order valence-electron chi connectivity index (χ0n) is 11.2. The summed E-state index contributed by atoms with van der Waals surface area (Å²) in [5.74, 6) is -1.18. The van der Waals surface area contributed by atoms with Crippen LogP contribution in [0.4, 0.5) is 5.69 Å². The molecular weight excluding hydrogens is 378 g/mol. The van der Waals surface area contributed by atoms with Crippen LogP contribution in [0.1, 0.15) is 21.5 Å². The van der Waals surface area contributed by atoms with Crippen LogP contribution in [0.2, 0.25) is 0 Å². The Balaban J connectivity index is 2.54. The average Bonchev–Trinajstić information content (AvgIpc) is 2.79. The summed E-state index contributed by atoms with van der Waals surface area (Å²) >= 11 is 4.22. The van der Waals surface area contributed by atoms with Crippen molar-refractivity contribution in [2.45, 2.75) is 18.1 Å². The summed E-state index contributed by atoms with van der Waals surface area (Å²) in [6, 6.07) is 4.80. The Kier molecular flexibility index (Phi) is 4.40. The van der Waals surface area contributed by atoms with E-state index < -0.39 is 16.0 Å². The number of benzene rings is 1. The van der Waals surface area contributed by atoms with Gasteiger partial charge in [-0.15, -0.1) is 11.3 Å². The molecule has 0 bridgehead atoms. The highest BCUT2D eigenvalue weighted by Crippen LogP contribution is 2.31. The van der Waals surface area contributed by atoms with Gasteiger partial charge < -0.3 is 5.11 Å². The Morgan fingerprint density at radius 2 is 2.00 bits per heavy atom. The van der Waals surface area contributed by atoms with Gasteiger partial charge in [-0.05, 0) is 58.4 Å². The number of carbonyl (C=O) groups is 1. The maximum absolute atomic E-state index is 12.4. The monoisotopic (exact) mass is 389 g/mol. The number of carboxylic acids is 1. The van der Waals surface area contributed by atoms with Gasteiger partial charge in [-0.3, -0.25) is 4.72 Å². The summed E-state index contributed by atoms with van der Waals surface area (Å²) < 4.78 is 27.7. The number of hydrogen-bond donors (Lipinski definition) is 2. The highest BCUT2D eigenvalue weighted by atomic mass is 79.9. The molecule has 1 aromatic heterocycles. The minimum atomic E-state index is -3.83. The third-order valence-corrected chi connectivity index (χ3v) is 6.79. The van der Waals surface area contributed by atoms with Crippen molar-refractivity contribution in [2.24, 2.45) is 0 Å². The summed E-state index contributed by atoms with van der Waals surface area (Å²) in [4.78, 5) is 11.3. The molecule has 0 aliphatic carbocycles. The van der Waals surface area contributed by atoms with Gasteiger partial charge in [0.2, 0.25) is 0 Å². The molecule has 1 aromatic carbocycles. The quantitative estimate of drug-likeness (QED) is 0.835. The number of hydrogen-bond acceptors (Lipinski definition) is 4. The molecular formula is C13H12BrNO4S2. The summed E-state index contributed by atoms with van der Waals surface area (Å²) in [5, 5.41) is 10.9. The van der Waals surface area contributed by atoms with Crippen LogP contribution in [0.15, 0.2) is 32.3 Å². The molecule has 0 saturated carbocycles. The van der Waals surface area contributed by atoms with Gasteiger partial charge in [0.1, 0.15) is 0 Å². The molecule has 8 heteroatoms. The van der Waals surface area contributed by atoms with E-state index in [9.17, 15) is 18.3 Å². The molecule has 0 unspecified atom stereocenters. The fraction of sp³-hybridized carbons (Fsp3) is 0.154. The fourth-order valence-electron chi connectivity index (χ4n) is 1.92. The predicted octanol–water partition coefficient (Wildman–Crippen LogP) is 3.63. The highest BCUT2D eigenvalue weighted by molar-refractivity contribution is 9.10. The van der Waals surface area contributed by atoms with Gasteiger partial charge in [0.15, 0.2) is 4.21 Å². The van der Waals surface area contributed by atoms with Crippen LogP contribution >= 0.6 is 27.3 Å². The number of anilines is 1. The van der Waals surface area contributed by atoms with Crippen LogP contribution < -0.4 is 4.72 Å². The summed E-state index contributed by atoms with van der Waals surface area (Å²) in [5.41, 5.74) is 1.34. The largest absolute Gasteiger partial charge is 0.478 e. The molecule has 2 aromatic rings. The Bertz CT molecular complexity index is 812. The number of sulfonamides is 1. The maximum Gasteiger partial charge on any atom is 0.337 e. The molecule has 0 aliphatic heterocycles. The molecule has 5 nitrogen and oxygen atoms in total. The molecule has 2 N–H and O–H groups in total. The third-order valence-electron chi connectivity index (χ3n) is 2.78. The van der Waals surface area contributed by atoms with Gasteiger partial charge >= 0.3 is 5.97 Å². The van der Waals surface area contributed by atoms with Crippen LogP contribution in [0, 0.1) is 13.8 Å². The molecule has 21 heavy (non-hydrogen) atoms. The molecule has 0 saturated heterocycles. The number of carboxylic acid groups (broad SMARTS) is 1. The van der Waals surface area contributed by atoms with Crippen LogP contribution in [0.25, 0.3) is 0 Å². The molecule has 0 aliphatic rings. The van der Waals surface area contributed by atoms with E-state index in [1.54, 1.807) is 31.4 Å². The normalized spacial score (nSPS) is 11.4. The first kappa shape index (κ1) is 16.0. The number of aromatic carboxylic acids is 1. The highest BCUT2D eigenvalue weighted by Gasteiger charge is 2.23. The lowest BCUT2D eigenvalue weighted by molar-refractivity contribution is 0.0698. The van der Waals surface area contributed by atoms with E-state index in [-0.39, 0.29) is 15.5 Å². The third kappa shape index (κ3) is 3.28. The van der Waals surface area contributed by atoms with E-state index in [0.29, 0.717) is 10.0 Å². The van der Waals surface area contributed by atoms with Crippen molar-refractivity contribution in [1.29, 1.82) is 0 Å². The molecule has 0 spiro atoms. The van der Waals surface area contributed by atoms with Crippen molar-refractivity contribution < 1.29 is 18.3 Å². The van der Waals surface area contributed by atoms with Gasteiger partial charge in [0.05, 0.1) is 11.3 Å². The van der Waals surface area contributed by atoms with Crippen molar-refractivity contribution in [3.05, 3.63) is 44.7 Å². The van der Waals surface area contributed by atoms with E-state index >= 15 is 0 Å². The van der Waals surface area contributed by atoms with Gasteiger partial charge in [0, 0.05) is 4.47 Å². The van der Waals surface area contributed by atoms with Crippen LogP contribution in [-0.4, -0.2) is 19.5 Å². The van der Waals surface area contributed by atoms with Crippen molar-refractivity contribution in [3.63, 3.8) is 0 Å². The number of halogens is 1. The lowest BCUT2D eigenvalue weighted by atomic mass is 10.0. The first-order valence-corrected chi connectivity index (χ1v) is 8.98. The van der Waals surface area contributed by atoms with Gasteiger partial charge in [-0.25, -0.2) is 13.2 Å². The van der Waals surface area contributed by atoms with Gasteiger partial charge in [0.25, 0.3) is 10.0 Å². The zero-order chi connectivity index (χ0) is 15.8. The second-order valence-corrected chi connectivity index (χ2v) is 8.12. The fourth-order valence-corrected chi connectivity index (χ4v) is 5.41. The SMILES string of the molecule is Cc1cc(C)c(NS(=O)(=O)c2sccc2Br)c(C(=O)O)c1. The number of aryl methyl sites for hydroxylation is 2. The van der Waals surface area contributed by atoms with E-state index in [0.717, 1.165) is 16.9 Å². The lowest BCUT2D eigenvalue weighted by Gasteiger charge is -2.13. The summed E-state index contributed by atoms with van der Waals surface area (Å²) in [6.07, 6.45) is 0. The van der Waals surface area contributed by atoms with E-state index in [1.165, 1.54) is 6.07 Å². The molecule has 0 amide bonds.